The fourth-order valence-electron chi connectivity index (χ4n) is 2.85. The van der Waals surface area contributed by atoms with E-state index < -0.39 is 24.0 Å². The number of rotatable bonds is 14. The van der Waals surface area contributed by atoms with E-state index in [1.807, 2.05) is 20.8 Å². The Morgan fingerprint density at radius 3 is 2.38 bits per heavy atom. The van der Waals surface area contributed by atoms with E-state index in [0.29, 0.717) is 38.0 Å². The second-order valence-electron chi connectivity index (χ2n) is 8.76. The number of carbonyl (C=O) groups excluding carboxylic acids is 2. The Bertz CT molecular complexity index is 738. The normalized spacial score (nSPS) is 13.3. The topological polar surface area (TPSA) is 122 Å². The Morgan fingerprint density at radius 1 is 1.12 bits per heavy atom. The van der Waals surface area contributed by atoms with Crippen LogP contribution in [0.15, 0.2) is 24.3 Å². The lowest BCUT2D eigenvalue weighted by atomic mass is 10.1. The van der Waals surface area contributed by atoms with Gasteiger partial charge in [-0.15, -0.1) is 0 Å². The van der Waals surface area contributed by atoms with Crippen molar-refractivity contribution in [1.82, 2.24) is 10.6 Å². The molecule has 0 bridgehead atoms. The van der Waals surface area contributed by atoms with Crippen LogP contribution in [0.1, 0.15) is 58.4 Å². The molecule has 0 saturated heterocycles. The molecule has 2 amide bonds. The van der Waals surface area contributed by atoms with Crippen molar-refractivity contribution in [3.63, 3.8) is 0 Å². The first-order valence-corrected chi connectivity index (χ1v) is 13.0. The number of nitrogens with two attached hydrogens (primary N) is 1. The monoisotopic (exact) mass is 577 g/mol. The smallest absolute Gasteiger partial charge is 0.326 e. The molecule has 180 valence electrons. The van der Waals surface area contributed by atoms with E-state index in [0.717, 1.165) is 12.8 Å². The van der Waals surface area contributed by atoms with Gasteiger partial charge in [-0.05, 0) is 72.4 Å². The molecule has 1 aromatic rings. The summed E-state index contributed by atoms with van der Waals surface area (Å²) in [6, 6.07) is 6.54. The molecule has 32 heavy (non-hydrogen) atoms. The van der Waals surface area contributed by atoms with Crippen molar-refractivity contribution >= 4 is 52.1 Å². The third-order valence-corrected chi connectivity index (χ3v) is 6.78. The second kappa shape index (κ2) is 14.7. The van der Waals surface area contributed by atoms with Gasteiger partial charge in [0.25, 0.3) is 0 Å². The van der Waals surface area contributed by atoms with Crippen molar-refractivity contribution in [2.24, 2.45) is 5.73 Å². The molecule has 0 aliphatic rings. The number of carbonyl (C=O) groups is 3. The maximum Gasteiger partial charge on any atom is 0.326 e. The van der Waals surface area contributed by atoms with Gasteiger partial charge in [0, 0.05) is 27.0 Å². The number of halogens is 1. The largest absolute Gasteiger partial charge is 0.480 e. The predicted octanol–water partition coefficient (Wildman–Crippen LogP) is 3.33. The first-order valence-electron chi connectivity index (χ1n) is 10.9. The molecule has 2 atom stereocenters. The van der Waals surface area contributed by atoms with Gasteiger partial charge in [0.1, 0.15) is 6.04 Å². The zero-order chi connectivity index (χ0) is 24.1. The standard InChI is InChI=1S/C23H36IN3O4S/c1-23(2,3)32-15-18(25)21(29)27-19(22(30)31)8-4-5-14-26-20(28)9-6-7-16-10-12-17(24)13-11-16/h10-13,18-19H,4-9,14-15,25H2,1-3H3,(H,26,28)(H,27,29)(H,30,31)/t18-,19+/m0/s1. The van der Waals surface area contributed by atoms with Crippen molar-refractivity contribution in [1.29, 1.82) is 0 Å². The number of hydrogen-bond donors (Lipinski definition) is 4. The van der Waals surface area contributed by atoms with Crippen LogP contribution in [0.3, 0.4) is 0 Å². The van der Waals surface area contributed by atoms with Crippen LogP contribution < -0.4 is 16.4 Å². The highest BCUT2D eigenvalue weighted by atomic mass is 127. The molecule has 0 saturated carbocycles. The minimum atomic E-state index is -1.08. The first kappa shape index (κ1) is 28.7. The zero-order valence-corrected chi connectivity index (χ0v) is 22.1. The maximum atomic E-state index is 12.2. The van der Waals surface area contributed by atoms with Gasteiger partial charge in [0.2, 0.25) is 11.8 Å². The SMILES string of the molecule is CC(C)(C)SC[C@H](N)C(=O)N[C@H](CCCCNC(=O)CCCc1ccc(I)cc1)C(=O)O. The summed E-state index contributed by atoms with van der Waals surface area (Å²) in [5, 5.41) is 14.8. The molecular formula is C23H36IN3O4S. The van der Waals surface area contributed by atoms with Gasteiger partial charge in [-0.25, -0.2) is 4.79 Å². The fraction of sp³-hybridized carbons (Fsp3) is 0.609. The maximum absolute atomic E-state index is 12.2. The average molecular weight is 578 g/mol. The lowest BCUT2D eigenvalue weighted by Gasteiger charge is -2.21. The molecule has 7 nitrogen and oxygen atoms in total. The number of nitrogens with one attached hydrogen (secondary N) is 2. The highest BCUT2D eigenvalue weighted by Gasteiger charge is 2.24. The number of carboxylic acid groups (broad SMARTS) is 1. The Morgan fingerprint density at radius 2 is 1.78 bits per heavy atom. The Kier molecular flexibility index (Phi) is 13.2. The Hall–Kier alpha value is -1.33. The Labute approximate surface area is 209 Å². The van der Waals surface area contributed by atoms with Crippen molar-refractivity contribution in [2.75, 3.05) is 12.3 Å². The van der Waals surface area contributed by atoms with Crippen molar-refractivity contribution in [3.05, 3.63) is 33.4 Å². The van der Waals surface area contributed by atoms with Crippen LogP contribution >= 0.6 is 34.4 Å². The summed E-state index contributed by atoms with van der Waals surface area (Å²) in [7, 11) is 0. The number of benzene rings is 1. The number of amides is 2. The van der Waals surface area contributed by atoms with Gasteiger partial charge in [-0.3, -0.25) is 9.59 Å². The molecule has 0 heterocycles. The van der Waals surface area contributed by atoms with Crippen LogP contribution in [0.25, 0.3) is 0 Å². The van der Waals surface area contributed by atoms with Crippen LogP contribution in [0.4, 0.5) is 0 Å². The lowest BCUT2D eigenvalue weighted by molar-refractivity contribution is -0.142. The molecule has 1 rings (SSSR count). The molecule has 0 aliphatic carbocycles. The van der Waals surface area contributed by atoms with Gasteiger partial charge in [-0.2, -0.15) is 11.8 Å². The number of unbranched alkanes of at least 4 members (excludes halogenated alkanes) is 1. The van der Waals surface area contributed by atoms with Crippen LogP contribution in [-0.4, -0.2) is 52.0 Å². The molecule has 5 N–H and O–H groups in total. The predicted molar refractivity (Wildman–Crippen MR) is 139 cm³/mol. The first-order chi connectivity index (χ1) is 15.0. The molecular weight excluding hydrogens is 541 g/mol. The van der Waals surface area contributed by atoms with Gasteiger partial charge in [0.05, 0.1) is 6.04 Å². The van der Waals surface area contributed by atoms with E-state index in [1.54, 1.807) is 11.8 Å². The quantitative estimate of drug-likeness (QED) is 0.199. The van der Waals surface area contributed by atoms with E-state index in [1.165, 1.54) is 9.13 Å². The van der Waals surface area contributed by atoms with Crippen LogP contribution in [0.5, 0.6) is 0 Å². The molecule has 0 aromatic heterocycles. The summed E-state index contributed by atoms with van der Waals surface area (Å²) in [4.78, 5) is 35.6. The van der Waals surface area contributed by atoms with E-state index in [-0.39, 0.29) is 10.7 Å². The fourth-order valence-corrected chi connectivity index (χ4v) is 4.04. The third-order valence-electron chi connectivity index (χ3n) is 4.67. The highest BCUT2D eigenvalue weighted by Crippen LogP contribution is 2.23. The molecule has 1 aromatic carbocycles. The molecule has 0 aliphatic heterocycles. The van der Waals surface area contributed by atoms with E-state index in [9.17, 15) is 19.5 Å². The third kappa shape index (κ3) is 13.3. The molecule has 0 unspecified atom stereocenters. The molecule has 0 radical (unpaired) electrons. The zero-order valence-electron chi connectivity index (χ0n) is 19.2. The van der Waals surface area contributed by atoms with E-state index in [2.05, 4.69) is 57.5 Å². The lowest BCUT2D eigenvalue weighted by Crippen LogP contribution is -2.49. The van der Waals surface area contributed by atoms with Crippen LogP contribution in [0, 0.1) is 3.57 Å². The molecule has 0 spiro atoms. The highest BCUT2D eigenvalue weighted by molar-refractivity contribution is 14.1. The van der Waals surface area contributed by atoms with Gasteiger partial charge in [0.15, 0.2) is 0 Å². The van der Waals surface area contributed by atoms with Crippen molar-refractivity contribution in [2.45, 2.75) is 76.1 Å². The van der Waals surface area contributed by atoms with Crippen molar-refractivity contribution < 1.29 is 19.5 Å². The summed E-state index contributed by atoms with van der Waals surface area (Å²) in [6.45, 7) is 6.59. The number of thioether (sulfide) groups is 1. The van der Waals surface area contributed by atoms with Crippen LogP contribution in [0.2, 0.25) is 0 Å². The summed E-state index contributed by atoms with van der Waals surface area (Å²) < 4.78 is 1.17. The molecule has 9 heteroatoms. The number of aliphatic carboxylic acids is 1. The van der Waals surface area contributed by atoms with E-state index in [4.69, 9.17) is 5.73 Å². The number of aryl methyl sites for hydroxylation is 1. The van der Waals surface area contributed by atoms with Gasteiger partial charge in [-0.1, -0.05) is 32.9 Å². The van der Waals surface area contributed by atoms with E-state index >= 15 is 0 Å². The Balaban J connectivity index is 2.22. The molecule has 0 fully saturated rings. The number of carboxylic acids is 1. The van der Waals surface area contributed by atoms with Crippen molar-refractivity contribution in [3.8, 4) is 0 Å². The van der Waals surface area contributed by atoms with Crippen LogP contribution in [-0.2, 0) is 20.8 Å². The summed E-state index contributed by atoms with van der Waals surface area (Å²) in [5.41, 5.74) is 7.11. The summed E-state index contributed by atoms with van der Waals surface area (Å²) in [6.07, 6.45) is 3.63. The number of hydrogen-bond acceptors (Lipinski definition) is 5. The summed E-state index contributed by atoms with van der Waals surface area (Å²) >= 11 is 3.83. The minimum absolute atomic E-state index is 0.000853. The minimum Gasteiger partial charge on any atom is -0.480 e. The average Bonchev–Trinajstić information content (AvgIpc) is 2.71. The summed E-state index contributed by atoms with van der Waals surface area (Å²) in [5.74, 6) is -1.10. The van der Waals surface area contributed by atoms with Gasteiger partial charge >= 0.3 is 5.97 Å². The van der Waals surface area contributed by atoms with Gasteiger partial charge < -0.3 is 21.5 Å². The second-order valence-corrected chi connectivity index (χ2v) is 11.8.